The minimum Gasteiger partial charge on any atom is -0.376 e. The van der Waals surface area contributed by atoms with E-state index in [0.29, 0.717) is 18.1 Å². The number of thiophene rings is 1. The predicted octanol–water partition coefficient (Wildman–Crippen LogP) is 1.60. The normalized spacial score (nSPS) is 28.7. The van der Waals surface area contributed by atoms with Crippen LogP contribution in [0.4, 0.5) is 0 Å². The van der Waals surface area contributed by atoms with E-state index < -0.39 is 0 Å². The number of ether oxygens (including phenoxy) is 1. The van der Waals surface area contributed by atoms with Crippen LogP contribution in [0, 0.1) is 0 Å². The van der Waals surface area contributed by atoms with Gasteiger partial charge in [-0.15, -0.1) is 0 Å². The molecule has 0 aromatic carbocycles. The smallest absolute Gasteiger partial charge is 0.192 e. The highest BCUT2D eigenvalue weighted by Crippen LogP contribution is 2.28. The van der Waals surface area contributed by atoms with E-state index in [1.807, 2.05) is 0 Å². The number of guanidine groups is 1. The molecular formula is C12H17N3OS. The molecule has 4 nitrogen and oxygen atoms in total. The fourth-order valence-corrected chi connectivity index (χ4v) is 3.21. The molecule has 0 aliphatic carbocycles. The van der Waals surface area contributed by atoms with E-state index in [4.69, 9.17) is 10.5 Å². The van der Waals surface area contributed by atoms with Crippen LogP contribution in [0.2, 0.25) is 0 Å². The Bertz CT molecular complexity index is 398. The summed E-state index contributed by atoms with van der Waals surface area (Å²) in [6.45, 7) is 2.53. The van der Waals surface area contributed by atoms with Gasteiger partial charge in [-0.2, -0.15) is 11.3 Å². The molecule has 0 amide bonds. The van der Waals surface area contributed by atoms with Crippen molar-refractivity contribution in [3.8, 4) is 0 Å². The first-order valence-corrected chi connectivity index (χ1v) is 6.99. The molecule has 1 aromatic heterocycles. The standard InChI is InChI=1S/C12H17N3OS/c13-12-14-6-11(9-3-5-17-8-9)15(12)7-10-2-1-4-16-10/h3,5,8,10-11H,1-2,4,6-7H2,(H2,13,14). The summed E-state index contributed by atoms with van der Waals surface area (Å²) in [5.74, 6) is 0.664. The maximum absolute atomic E-state index is 5.98. The van der Waals surface area contributed by atoms with Gasteiger partial charge >= 0.3 is 0 Å². The van der Waals surface area contributed by atoms with Gasteiger partial charge in [0.2, 0.25) is 0 Å². The van der Waals surface area contributed by atoms with Gasteiger partial charge in [0.05, 0.1) is 18.7 Å². The Morgan fingerprint density at radius 3 is 3.24 bits per heavy atom. The minimum absolute atomic E-state index is 0.311. The average Bonchev–Trinajstić information content (AvgIpc) is 3.03. The molecular weight excluding hydrogens is 234 g/mol. The quantitative estimate of drug-likeness (QED) is 0.887. The third-order valence-electron chi connectivity index (χ3n) is 3.45. The van der Waals surface area contributed by atoms with E-state index in [0.717, 1.165) is 26.1 Å². The molecule has 2 N–H and O–H groups in total. The van der Waals surface area contributed by atoms with E-state index in [1.54, 1.807) is 11.3 Å². The second-order valence-corrected chi connectivity index (χ2v) is 5.34. The summed E-state index contributed by atoms with van der Waals surface area (Å²) in [5.41, 5.74) is 7.29. The molecule has 1 aromatic rings. The zero-order valence-corrected chi connectivity index (χ0v) is 10.5. The zero-order chi connectivity index (χ0) is 11.7. The Balaban J connectivity index is 1.72. The van der Waals surface area contributed by atoms with Crippen molar-refractivity contribution in [1.82, 2.24) is 4.90 Å². The van der Waals surface area contributed by atoms with Gasteiger partial charge in [0.25, 0.3) is 0 Å². The van der Waals surface area contributed by atoms with Crippen molar-refractivity contribution in [1.29, 1.82) is 0 Å². The van der Waals surface area contributed by atoms with Crippen LogP contribution < -0.4 is 5.73 Å². The van der Waals surface area contributed by atoms with E-state index in [2.05, 4.69) is 26.7 Å². The molecule has 1 fully saturated rings. The molecule has 5 heteroatoms. The fraction of sp³-hybridized carbons (Fsp3) is 0.583. The van der Waals surface area contributed by atoms with Crippen LogP contribution in [0.3, 0.4) is 0 Å². The third kappa shape index (κ3) is 2.17. The highest BCUT2D eigenvalue weighted by atomic mass is 32.1. The Kier molecular flexibility index (Phi) is 3.03. The summed E-state index contributed by atoms with van der Waals surface area (Å²) in [4.78, 5) is 6.56. The van der Waals surface area contributed by atoms with E-state index in [9.17, 15) is 0 Å². The van der Waals surface area contributed by atoms with Crippen LogP contribution in [0.15, 0.2) is 21.8 Å². The third-order valence-corrected chi connectivity index (χ3v) is 4.15. The number of hydrogen-bond donors (Lipinski definition) is 1. The highest BCUT2D eigenvalue weighted by molar-refractivity contribution is 7.07. The number of hydrogen-bond acceptors (Lipinski definition) is 5. The second-order valence-electron chi connectivity index (χ2n) is 4.56. The van der Waals surface area contributed by atoms with Crippen LogP contribution in [0.1, 0.15) is 24.4 Å². The van der Waals surface area contributed by atoms with Crippen LogP contribution in [0.5, 0.6) is 0 Å². The first kappa shape index (κ1) is 11.0. The van der Waals surface area contributed by atoms with Crippen molar-refractivity contribution in [2.45, 2.75) is 25.0 Å². The number of aliphatic imine (C=N–C) groups is 1. The number of rotatable bonds is 3. The zero-order valence-electron chi connectivity index (χ0n) is 9.71. The van der Waals surface area contributed by atoms with Crippen LogP contribution >= 0.6 is 11.3 Å². The molecule has 2 aliphatic rings. The monoisotopic (exact) mass is 251 g/mol. The van der Waals surface area contributed by atoms with Gasteiger partial charge in [-0.25, -0.2) is 0 Å². The molecule has 0 bridgehead atoms. The summed E-state index contributed by atoms with van der Waals surface area (Å²) in [6.07, 6.45) is 2.63. The molecule has 17 heavy (non-hydrogen) atoms. The topological polar surface area (TPSA) is 50.8 Å². The summed E-state index contributed by atoms with van der Waals surface area (Å²) in [7, 11) is 0. The van der Waals surface area contributed by atoms with Gasteiger partial charge in [0, 0.05) is 13.2 Å². The lowest BCUT2D eigenvalue weighted by atomic mass is 10.1. The molecule has 3 heterocycles. The lowest BCUT2D eigenvalue weighted by molar-refractivity contribution is 0.0853. The Morgan fingerprint density at radius 2 is 2.53 bits per heavy atom. The van der Waals surface area contributed by atoms with Gasteiger partial charge in [-0.05, 0) is 35.2 Å². The fourth-order valence-electron chi connectivity index (χ4n) is 2.51. The van der Waals surface area contributed by atoms with Crippen molar-refractivity contribution in [3.63, 3.8) is 0 Å². The van der Waals surface area contributed by atoms with Crippen molar-refractivity contribution in [2.75, 3.05) is 19.7 Å². The number of nitrogens with zero attached hydrogens (tertiary/aromatic N) is 2. The van der Waals surface area contributed by atoms with Crippen LogP contribution in [0.25, 0.3) is 0 Å². The van der Waals surface area contributed by atoms with Crippen molar-refractivity contribution in [2.24, 2.45) is 10.7 Å². The van der Waals surface area contributed by atoms with Crippen molar-refractivity contribution < 1.29 is 4.74 Å². The maximum Gasteiger partial charge on any atom is 0.192 e. The van der Waals surface area contributed by atoms with Gasteiger partial charge in [0.15, 0.2) is 5.96 Å². The van der Waals surface area contributed by atoms with Crippen molar-refractivity contribution >= 4 is 17.3 Å². The molecule has 0 saturated carbocycles. The Labute approximate surface area is 105 Å². The summed E-state index contributed by atoms with van der Waals surface area (Å²) in [6, 6.07) is 2.47. The van der Waals surface area contributed by atoms with Gasteiger partial charge in [-0.3, -0.25) is 4.99 Å². The molecule has 0 radical (unpaired) electrons. The molecule has 3 rings (SSSR count). The van der Waals surface area contributed by atoms with Gasteiger partial charge in [0.1, 0.15) is 0 Å². The Hall–Kier alpha value is -1.07. The highest BCUT2D eigenvalue weighted by Gasteiger charge is 2.30. The minimum atomic E-state index is 0.311. The first-order chi connectivity index (χ1) is 8.34. The largest absolute Gasteiger partial charge is 0.376 e. The average molecular weight is 251 g/mol. The predicted molar refractivity (Wildman–Crippen MR) is 69.2 cm³/mol. The maximum atomic E-state index is 5.98. The summed E-state index contributed by atoms with van der Waals surface area (Å²) >= 11 is 1.72. The summed E-state index contributed by atoms with van der Waals surface area (Å²) in [5, 5.41) is 4.29. The van der Waals surface area contributed by atoms with Gasteiger partial charge < -0.3 is 15.4 Å². The van der Waals surface area contributed by atoms with Crippen molar-refractivity contribution in [3.05, 3.63) is 22.4 Å². The number of nitrogens with two attached hydrogens (primary N) is 1. The second kappa shape index (κ2) is 4.66. The van der Waals surface area contributed by atoms with E-state index >= 15 is 0 Å². The molecule has 1 saturated heterocycles. The van der Waals surface area contributed by atoms with E-state index in [-0.39, 0.29) is 0 Å². The SMILES string of the molecule is NC1=NCC(c2ccsc2)N1CC1CCCO1. The molecule has 0 spiro atoms. The Morgan fingerprint density at radius 1 is 1.59 bits per heavy atom. The first-order valence-electron chi connectivity index (χ1n) is 6.05. The molecule has 2 aliphatic heterocycles. The summed E-state index contributed by atoms with van der Waals surface area (Å²) < 4.78 is 5.68. The lowest BCUT2D eigenvalue weighted by Crippen LogP contribution is -2.40. The van der Waals surface area contributed by atoms with Crippen LogP contribution in [-0.4, -0.2) is 36.7 Å². The molecule has 2 unspecified atom stereocenters. The van der Waals surface area contributed by atoms with Gasteiger partial charge in [-0.1, -0.05) is 0 Å². The molecule has 92 valence electrons. The molecule has 2 atom stereocenters. The van der Waals surface area contributed by atoms with Crippen LogP contribution in [-0.2, 0) is 4.74 Å². The van der Waals surface area contributed by atoms with E-state index in [1.165, 1.54) is 12.0 Å². The lowest BCUT2D eigenvalue weighted by Gasteiger charge is -2.28.